The Balaban J connectivity index is 1.75. The van der Waals surface area contributed by atoms with Crippen molar-refractivity contribution in [2.45, 2.75) is 18.8 Å². The Bertz CT molecular complexity index is 849. The molecule has 0 unspecified atom stereocenters. The van der Waals surface area contributed by atoms with E-state index in [1.54, 1.807) is 32.4 Å². The van der Waals surface area contributed by atoms with Crippen molar-refractivity contribution in [1.82, 2.24) is 14.9 Å². The van der Waals surface area contributed by atoms with Crippen LogP contribution >= 0.6 is 0 Å². The molecule has 1 aliphatic rings. The Kier molecular flexibility index (Phi) is 6.81. The molecule has 3 rings (SSSR count). The summed E-state index contributed by atoms with van der Waals surface area (Å²) in [4.78, 5) is 23.8. The predicted octanol–water partition coefficient (Wildman–Crippen LogP) is 2.54. The first-order chi connectivity index (χ1) is 14.5. The Morgan fingerprint density at radius 3 is 1.80 bits per heavy atom. The van der Waals surface area contributed by atoms with Crippen LogP contribution < -0.4 is 23.7 Å². The quantitative estimate of drug-likeness (QED) is 0.679. The molecule has 1 fully saturated rings. The van der Waals surface area contributed by atoms with Crippen molar-refractivity contribution in [2.75, 3.05) is 48.6 Å². The second-order valence-electron chi connectivity index (χ2n) is 6.79. The van der Waals surface area contributed by atoms with Crippen LogP contribution in [0.15, 0.2) is 18.2 Å². The van der Waals surface area contributed by atoms with E-state index >= 15 is 0 Å². The number of carbonyl (C=O) groups is 1. The van der Waals surface area contributed by atoms with Crippen molar-refractivity contribution >= 4 is 5.91 Å². The summed E-state index contributed by atoms with van der Waals surface area (Å²) < 4.78 is 26.5. The Hall–Kier alpha value is -3.23. The summed E-state index contributed by atoms with van der Waals surface area (Å²) in [5.74, 6) is 3.00. The topological polar surface area (TPSA) is 92.2 Å². The highest BCUT2D eigenvalue weighted by atomic mass is 16.5. The number of benzene rings is 1. The zero-order chi connectivity index (χ0) is 21.7. The first-order valence-electron chi connectivity index (χ1n) is 9.60. The second-order valence-corrected chi connectivity index (χ2v) is 6.79. The number of hydrogen-bond acceptors (Lipinski definition) is 8. The van der Waals surface area contributed by atoms with Crippen molar-refractivity contribution in [3.8, 4) is 29.0 Å². The van der Waals surface area contributed by atoms with E-state index in [0.717, 1.165) is 12.8 Å². The van der Waals surface area contributed by atoms with E-state index in [1.165, 1.54) is 21.3 Å². The van der Waals surface area contributed by atoms with Gasteiger partial charge in [0.1, 0.15) is 5.82 Å². The van der Waals surface area contributed by atoms with E-state index in [9.17, 15) is 4.79 Å². The van der Waals surface area contributed by atoms with Gasteiger partial charge in [0.25, 0.3) is 5.91 Å². The number of ether oxygens (including phenoxy) is 5. The van der Waals surface area contributed by atoms with Crippen molar-refractivity contribution in [2.24, 2.45) is 0 Å². The van der Waals surface area contributed by atoms with E-state index in [2.05, 4.69) is 9.97 Å². The van der Waals surface area contributed by atoms with Gasteiger partial charge in [0.15, 0.2) is 11.5 Å². The van der Waals surface area contributed by atoms with Gasteiger partial charge in [-0.05, 0) is 25.0 Å². The van der Waals surface area contributed by atoms with Gasteiger partial charge in [-0.1, -0.05) is 0 Å². The summed E-state index contributed by atoms with van der Waals surface area (Å²) >= 11 is 0. The number of likely N-dealkylation sites (tertiary alicyclic amines) is 1. The normalized spacial score (nSPS) is 14.2. The molecule has 0 spiro atoms. The molecule has 1 saturated heterocycles. The molecule has 0 saturated carbocycles. The third-order valence-corrected chi connectivity index (χ3v) is 5.17. The van der Waals surface area contributed by atoms with Crippen LogP contribution in [0, 0.1) is 0 Å². The Labute approximate surface area is 175 Å². The molecule has 9 nitrogen and oxygen atoms in total. The minimum Gasteiger partial charge on any atom is -0.493 e. The standard InChI is InChI=1S/C21H27N3O6/c1-26-15-10-14(11-16(27-2)19(15)30-5)21(25)24-8-6-13(7-9-24)20-22-17(28-3)12-18(23-20)29-4/h10-13H,6-9H2,1-5H3. The minimum absolute atomic E-state index is 0.0863. The summed E-state index contributed by atoms with van der Waals surface area (Å²) in [5.41, 5.74) is 0.488. The highest BCUT2D eigenvalue weighted by Gasteiger charge is 2.28. The molecule has 0 bridgehead atoms. The maximum absolute atomic E-state index is 13.1. The lowest BCUT2D eigenvalue weighted by molar-refractivity contribution is 0.0709. The molecule has 162 valence electrons. The van der Waals surface area contributed by atoms with E-state index in [4.69, 9.17) is 23.7 Å². The molecule has 30 heavy (non-hydrogen) atoms. The Morgan fingerprint density at radius 1 is 0.833 bits per heavy atom. The molecule has 0 N–H and O–H groups in total. The fourth-order valence-electron chi connectivity index (χ4n) is 3.54. The average molecular weight is 417 g/mol. The Morgan fingerprint density at radius 2 is 1.37 bits per heavy atom. The molecule has 2 heterocycles. The minimum atomic E-state index is -0.0863. The van der Waals surface area contributed by atoms with Crippen LogP contribution in [0.25, 0.3) is 0 Å². The summed E-state index contributed by atoms with van der Waals surface area (Å²) in [6, 6.07) is 4.99. The van der Waals surface area contributed by atoms with E-state index < -0.39 is 0 Å². The van der Waals surface area contributed by atoms with E-state index in [-0.39, 0.29) is 11.8 Å². The smallest absolute Gasteiger partial charge is 0.254 e. The van der Waals surface area contributed by atoms with Crippen LogP contribution in [0.5, 0.6) is 29.0 Å². The molecule has 9 heteroatoms. The zero-order valence-electron chi connectivity index (χ0n) is 17.9. The maximum Gasteiger partial charge on any atom is 0.254 e. The molecule has 0 atom stereocenters. The summed E-state index contributed by atoms with van der Waals surface area (Å²) in [7, 11) is 7.70. The maximum atomic E-state index is 13.1. The number of carbonyl (C=O) groups excluding carboxylic acids is 1. The van der Waals surface area contributed by atoms with Crippen LogP contribution in [0.1, 0.15) is 34.9 Å². The van der Waals surface area contributed by atoms with Gasteiger partial charge in [0, 0.05) is 24.6 Å². The fraction of sp³-hybridized carbons (Fsp3) is 0.476. The van der Waals surface area contributed by atoms with Gasteiger partial charge in [-0.3, -0.25) is 4.79 Å². The molecular formula is C21H27N3O6. The molecule has 1 amide bonds. The molecule has 0 radical (unpaired) electrons. The lowest BCUT2D eigenvalue weighted by Gasteiger charge is -2.31. The molecule has 0 aliphatic carbocycles. The van der Waals surface area contributed by atoms with Crippen LogP contribution in [-0.4, -0.2) is 69.4 Å². The SMILES string of the molecule is COc1cc(OC)nc(C2CCN(C(=O)c3cc(OC)c(OC)c(OC)c3)CC2)n1. The number of hydrogen-bond donors (Lipinski definition) is 0. The lowest BCUT2D eigenvalue weighted by atomic mass is 9.95. The summed E-state index contributed by atoms with van der Waals surface area (Å²) in [6.07, 6.45) is 1.49. The molecule has 1 aromatic heterocycles. The highest BCUT2D eigenvalue weighted by molar-refractivity contribution is 5.95. The van der Waals surface area contributed by atoms with Crippen molar-refractivity contribution in [3.63, 3.8) is 0 Å². The van der Waals surface area contributed by atoms with Gasteiger partial charge >= 0.3 is 0 Å². The second kappa shape index (κ2) is 9.51. The lowest BCUT2D eigenvalue weighted by Crippen LogP contribution is -2.38. The molecule has 1 aromatic carbocycles. The number of nitrogens with zero attached hydrogens (tertiary/aromatic N) is 3. The number of methoxy groups -OCH3 is 5. The van der Waals surface area contributed by atoms with Gasteiger partial charge in [-0.2, -0.15) is 9.97 Å². The van der Waals surface area contributed by atoms with Crippen LogP contribution in [0.4, 0.5) is 0 Å². The highest BCUT2D eigenvalue weighted by Crippen LogP contribution is 2.39. The third-order valence-electron chi connectivity index (χ3n) is 5.17. The first-order valence-corrected chi connectivity index (χ1v) is 9.60. The summed E-state index contributed by atoms with van der Waals surface area (Å²) in [6.45, 7) is 1.17. The van der Waals surface area contributed by atoms with Crippen LogP contribution in [0.3, 0.4) is 0 Å². The van der Waals surface area contributed by atoms with Crippen molar-refractivity contribution in [1.29, 1.82) is 0 Å². The van der Waals surface area contributed by atoms with E-state index in [0.29, 0.717) is 53.5 Å². The zero-order valence-corrected chi connectivity index (χ0v) is 17.9. The van der Waals surface area contributed by atoms with Gasteiger partial charge in [-0.25, -0.2) is 0 Å². The van der Waals surface area contributed by atoms with Gasteiger partial charge in [-0.15, -0.1) is 0 Å². The van der Waals surface area contributed by atoms with Gasteiger partial charge < -0.3 is 28.6 Å². The predicted molar refractivity (Wildman–Crippen MR) is 109 cm³/mol. The average Bonchev–Trinajstić information content (AvgIpc) is 2.82. The van der Waals surface area contributed by atoms with Gasteiger partial charge in [0.05, 0.1) is 41.6 Å². The molecule has 1 aliphatic heterocycles. The number of piperidine rings is 1. The molecule has 2 aromatic rings. The first kappa shape index (κ1) is 21.5. The van der Waals surface area contributed by atoms with Gasteiger partial charge in [0.2, 0.25) is 17.5 Å². The monoisotopic (exact) mass is 417 g/mol. The van der Waals surface area contributed by atoms with Crippen LogP contribution in [0.2, 0.25) is 0 Å². The summed E-state index contributed by atoms with van der Waals surface area (Å²) in [5, 5.41) is 0. The van der Waals surface area contributed by atoms with Crippen molar-refractivity contribution in [3.05, 3.63) is 29.6 Å². The van der Waals surface area contributed by atoms with E-state index in [1.807, 2.05) is 4.90 Å². The number of amides is 1. The number of rotatable bonds is 7. The fourth-order valence-corrected chi connectivity index (χ4v) is 3.54. The number of aromatic nitrogens is 2. The van der Waals surface area contributed by atoms with Crippen LogP contribution in [-0.2, 0) is 0 Å². The third kappa shape index (κ3) is 4.34. The largest absolute Gasteiger partial charge is 0.493 e. The molecular weight excluding hydrogens is 390 g/mol. The van der Waals surface area contributed by atoms with Crippen molar-refractivity contribution < 1.29 is 28.5 Å².